The van der Waals surface area contributed by atoms with Crippen LogP contribution in [-0.4, -0.2) is 0 Å². The van der Waals surface area contributed by atoms with E-state index >= 15 is 0 Å². The first-order valence-electron chi connectivity index (χ1n) is 11.7. The smallest absolute Gasteiger partial charge is 0.216 e. The van der Waals surface area contributed by atoms with Gasteiger partial charge in [-0.15, -0.1) is 0 Å². The molecule has 2 heteroatoms. The molecule has 0 atom stereocenters. The van der Waals surface area contributed by atoms with Crippen molar-refractivity contribution in [1.29, 1.82) is 0 Å². The molecule has 138 valence electrons. The summed E-state index contributed by atoms with van der Waals surface area (Å²) in [7, 11) is 1.79. The third kappa shape index (κ3) is 3.14. The molecule has 0 amide bonds. The quantitative estimate of drug-likeness (QED) is 0.383. The lowest BCUT2D eigenvalue weighted by atomic mass is 9.86. The lowest BCUT2D eigenvalue weighted by Crippen LogP contribution is -2.32. The highest BCUT2D eigenvalue weighted by molar-refractivity contribution is 6.09. The summed E-state index contributed by atoms with van der Waals surface area (Å²) in [6.45, 7) is 4.90. The van der Waals surface area contributed by atoms with Crippen LogP contribution >= 0.6 is 0 Å². The van der Waals surface area contributed by atoms with Crippen molar-refractivity contribution >= 4 is 21.9 Å². The summed E-state index contributed by atoms with van der Waals surface area (Å²) >= 11 is 0. The van der Waals surface area contributed by atoms with Crippen molar-refractivity contribution in [3.05, 3.63) is 65.4 Å². The van der Waals surface area contributed by atoms with Crippen LogP contribution in [0.5, 0.6) is 0 Å². The van der Waals surface area contributed by atoms with Crippen LogP contribution in [0.1, 0.15) is 44.3 Å². The number of benzene rings is 2. The maximum atomic E-state index is 8.86. The first-order chi connectivity index (χ1) is 14.7. The summed E-state index contributed by atoms with van der Waals surface area (Å²) in [5.41, 5.74) is 3.42. The molecule has 2 heterocycles. The summed E-state index contributed by atoms with van der Waals surface area (Å²) in [6.07, 6.45) is -0.322. The number of aryl methyl sites for hydroxylation is 3. The molecule has 0 bridgehead atoms. The van der Waals surface area contributed by atoms with Gasteiger partial charge in [-0.2, -0.15) is 0 Å². The van der Waals surface area contributed by atoms with Crippen LogP contribution < -0.4 is 4.57 Å². The second-order valence-electron chi connectivity index (χ2n) is 8.20. The van der Waals surface area contributed by atoms with E-state index in [1.54, 1.807) is 44.6 Å². The van der Waals surface area contributed by atoms with Crippen LogP contribution in [0.4, 0.5) is 0 Å². The van der Waals surface area contributed by atoms with E-state index in [-0.39, 0.29) is 11.1 Å². The van der Waals surface area contributed by atoms with Crippen molar-refractivity contribution in [2.45, 2.75) is 40.9 Å². The van der Waals surface area contributed by atoms with Crippen LogP contribution in [0, 0.1) is 19.2 Å². The Morgan fingerprint density at radius 2 is 1.85 bits per heavy atom. The van der Waals surface area contributed by atoms with Gasteiger partial charge in [0.05, 0.1) is 5.56 Å². The van der Waals surface area contributed by atoms with E-state index in [1.165, 1.54) is 0 Å². The number of para-hydroxylation sites is 1. The average molecular weight is 364 g/mol. The van der Waals surface area contributed by atoms with E-state index in [9.17, 15) is 0 Å². The first kappa shape index (κ1) is 12.7. The fourth-order valence-corrected chi connectivity index (χ4v) is 3.61. The molecule has 4 aromatic rings. The van der Waals surface area contributed by atoms with Crippen molar-refractivity contribution in [3.8, 4) is 11.3 Å². The van der Waals surface area contributed by atoms with Gasteiger partial charge in [0.15, 0.2) is 6.20 Å². The molecule has 0 aliphatic rings. The summed E-state index contributed by atoms with van der Waals surface area (Å²) in [5, 5.41) is 1.98. The fraction of sp³-hybridized carbons (Fsp3) is 0.320. The Morgan fingerprint density at radius 1 is 1.07 bits per heavy atom. The Bertz CT molecular complexity index is 1340. The third-order valence-corrected chi connectivity index (χ3v) is 4.80. The van der Waals surface area contributed by atoms with Gasteiger partial charge in [-0.3, -0.25) is 0 Å². The number of nitrogens with zero attached hydrogens (tertiary/aromatic N) is 1. The standard InChI is InChI=1S/C25H28NO/c1-16-11-12-20-19-9-7-8-10-22(19)27-24(20)23(16)21-13-18(14-25(3,4)5)17(2)15-26(21)6/h7-13,15H,14H2,1-6H3/q+1/i2D3,14D2. The van der Waals surface area contributed by atoms with E-state index < -0.39 is 18.6 Å². The Labute approximate surface area is 168 Å². The Morgan fingerprint density at radius 3 is 2.59 bits per heavy atom. The van der Waals surface area contributed by atoms with E-state index in [1.807, 2.05) is 43.3 Å². The van der Waals surface area contributed by atoms with Crippen molar-refractivity contribution < 1.29 is 15.8 Å². The van der Waals surface area contributed by atoms with Gasteiger partial charge in [0.2, 0.25) is 5.69 Å². The second-order valence-corrected chi connectivity index (χ2v) is 8.20. The molecule has 0 fully saturated rings. The van der Waals surface area contributed by atoms with Crippen molar-refractivity contribution in [2.75, 3.05) is 0 Å². The zero-order valence-corrected chi connectivity index (χ0v) is 16.5. The monoisotopic (exact) mass is 363 g/mol. The molecule has 2 nitrogen and oxygen atoms in total. The lowest BCUT2D eigenvalue weighted by Gasteiger charge is -2.19. The molecule has 0 saturated carbocycles. The maximum Gasteiger partial charge on any atom is 0.216 e. The fourth-order valence-electron chi connectivity index (χ4n) is 3.61. The van der Waals surface area contributed by atoms with Crippen molar-refractivity contribution in [2.24, 2.45) is 12.5 Å². The number of fused-ring (bicyclic) bond motifs is 3. The molecule has 4 rings (SSSR count). The second kappa shape index (κ2) is 6.23. The molecule has 2 aromatic heterocycles. The van der Waals surface area contributed by atoms with E-state index in [4.69, 9.17) is 11.3 Å². The van der Waals surface area contributed by atoms with E-state index in [0.717, 1.165) is 27.5 Å². The predicted molar refractivity (Wildman–Crippen MR) is 113 cm³/mol. The first-order valence-corrected chi connectivity index (χ1v) is 9.19. The van der Waals surface area contributed by atoms with Crippen LogP contribution in [0.3, 0.4) is 0 Å². The number of furan rings is 1. The normalized spacial score (nSPS) is 16.0. The number of pyridine rings is 1. The van der Waals surface area contributed by atoms with Crippen LogP contribution in [-0.2, 0) is 13.4 Å². The molecule has 0 radical (unpaired) electrons. The topological polar surface area (TPSA) is 17.0 Å². The highest BCUT2D eigenvalue weighted by atomic mass is 16.3. The molecular formula is C25H28NO+. The summed E-state index contributed by atoms with van der Waals surface area (Å²) in [5.74, 6) is 0. The van der Waals surface area contributed by atoms with Crippen LogP contribution in [0.15, 0.2) is 53.1 Å². The molecule has 0 N–H and O–H groups in total. The van der Waals surface area contributed by atoms with Gasteiger partial charge in [0.1, 0.15) is 18.2 Å². The van der Waals surface area contributed by atoms with Gasteiger partial charge in [0, 0.05) is 29.3 Å². The third-order valence-electron chi connectivity index (χ3n) is 4.80. The average Bonchev–Trinajstić information content (AvgIpc) is 3.05. The lowest BCUT2D eigenvalue weighted by molar-refractivity contribution is -0.660. The minimum Gasteiger partial charge on any atom is -0.455 e. The van der Waals surface area contributed by atoms with Gasteiger partial charge >= 0.3 is 0 Å². The minimum absolute atomic E-state index is 0.0260. The van der Waals surface area contributed by atoms with Gasteiger partial charge < -0.3 is 4.42 Å². The highest BCUT2D eigenvalue weighted by Crippen LogP contribution is 2.37. The van der Waals surface area contributed by atoms with Crippen molar-refractivity contribution in [3.63, 3.8) is 0 Å². The number of hydrogen-bond donors (Lipinski definition) is 0. The summed E-state index contributed by atoms with van der Waals surface area (Å²) in [4.78, 5) is 0. The Kier molecular flexibility index (Phi) is 2.93. The maximum absolute atomic E-state index is 8.86. The highest BCUT2D eigenvalue weighted by Gasteiger charge is 2.23. The molecule has 0 aliphatic heterocycles. The zero-order valence-electron chi connectivity index (χ0n) is 21.5. The van der Waals surface area contributed by atoms with Crippen LogP contribution in [0.25, 0.3) is 33.2 Å². The summed E-state index contributed by atoms with van der Waals surface area (Å²) < 4.78 is 49.9. The van der Waals surface area contributed by atoms with Gasteiger partial charge in [-0.05, 0) is 42.8 Å². The largest absolute Gasteiger partial charge is 0.455 e. The van der Waals surface area contributed by atoms with Crippen molar-refractivity contribution in [1.82, 2.24) is 0 Å². The SMILES string of the molecule is [2H]C([2H])([2H])c1c[n+](C)c(-c2c(C)ccc3c2oc2ccccc23)cc1C([2H])([2H])C(C)(C)C. The number of aromatic nitrogens is 1. The molecule has 0 aliphatic carbocycles. The van der Waals surface area contributed by atoms with Gasteiger partial charge in [-0.1, -0.05) is 51.1 Å². The predicted octanol–water partition coefficient (Wildman–Crippen LogP) is 6.28. The Balaban J connectivity index is 2.11. The minimum atomic E-state index is -2.44. The van der Waals surface area contributed by atoms with E-state index in [0.29, 0.717) is 11.3 Å². The number of rotatable bonds is 2. The number of hydrogen-bond acceptors (Lipinski definition) is 1. The van der Waals surface area contributed by atoms with Crippen LogP contribution in [0.2, 0.25) is 0 Å². The molecule has 2 aromatic carbocycles. The van der Waals surface area contributed by atoms with Gasteiger partial charge in [-0.25, -0.2) is 4.57 Å². The molecular weight excluding hydrogens is 330 g/mol. The molecule has 0 saturated heterocycles. The molecule has 27 heavy (non-hydrogen) atoms. The Hall–Kier alpha value is -2.61. The van der Waals surface area contributed by atoms with E-state index in [2.05, 4.69) is 0 Å². The zero-order chi connectivity index (χ0) is 23.6. The van der Waals surface area contributed by atoms with Gasteiger partial charge in [0.25, 0.3) is 0 Å². The molecule has 0 unspecified atom stereocenters. The molecule has 0 spiro atoms. The summed E-state index contributed by atoms with van der Waals surface area (Å²) in [6, 6.07) is 13.6.